The van der Waals surface area contributed by atoms with E-state index in [4.69, 9.17) is 0 Å². The van der Waals surface area contributed by atoms with Crippen LogP contribution in [-0.4, -0.2) is 10.4 Å². The molecule has 0 unspecified atom stereocenters. The average molecular weight is 353 g/mol. The molecule has 6 rings (SSSR count). The first-order valence-corrected chi connectivity index (χ1v) is 10.1. The van der Waals surface area contributed by atoms with Crippen LogP contribution in [0, 0.1) is 23.7 Å². The van der Waals surface area contributed by atoms with Gasteiger partial charge in [0.05, 0.1) is 0 Å². The number of nitrogens with zero attached hydrogens (tertiary/aromatic N) is 1. The summed E-state index contributed by atoms with van der Waals surface area (Å²) in [5.74, 6) is 2.33. The van der Waals surface area contributed by atoms with Crippen molar-refractivity contribution in [3.8, 4) is 0 Å². The SMILES string of the molecule is Cn1cc(C2=C(c3ccccc3)[C@@H]3[C@H]4CC[C@H](C4)[C@@H]3C2=O)c2ccccc21. The van der Waals surface area contributed by atoms with Gasteiger partial charge in [-0.2, -0.15) is 0 Å². The second kappa shape index (κ2) is 5.45. The summed E-state index contributed by atoms with van der Waals surface area (Å²) in [4.78, 5) is 13.7. The lowest BCUT2D eigenvalue weighted by atomic mass is 9.77. The highest BCUT2D eigenvalue weighted by molar-refractivity contribution is 6.34. The van der Waals surface area contributed by atoms with E-state index in [0.29, 0.717) is 23.5 Å². The van der Waals surface area contributed by atoms with Crippen LogP contribution >= 0.6 is 0 Å². The minimum absolute atomic E-state index is 0.216. The monoisotopic (exact) mass is 353 g/mol. The van der Waals surface area contributed by atoms with Crippen LogP contribution in [0.15, 0.2) is 60.8 Å². The van der Waals surface area contributed by atoms with Gasteiger partial charge in [0.25, 0.3) is 0 Å². The van der Waals surface area contributed by atoms with Crippen molar-refractivity contribution < 1.29 is 4.79 Å². The standard InChI is InChI=1S/C25H23NO/c1-26-14-19(18-9-5-6-10-20(18)26)24-21(15-7-3-2-4-8-15)22-16-11-12-17(13-16)23(22)25(24)27/h2-10,14,16-17,22-23H,11-13H2,1H3/t16-,17+,22-,23-/m0/s1. The summed E-state index contributed by atoms with van der Waals surface area (Å²) >= 11 is 0. The molecule has 2 aromatic carbocycles. The molecule has 134 valence electrons. The molecular formula is C25H23NO. The van der Waals surface area contributed by atoms with Crippen LogP contribution in [0.4, 0.5) is 0 Å². The Labute approximate surface area is 159 Å². The first kappa shape index (κ1) is 15.4. The predicted octanol–water partition coefficient (Wildman–Crippen LogP) is 5.33. The third-order valence-corrected chi connectivity index (χ3v) is 7.32. The van der Waals surface area contributed by atoms with Gasteiger partial charge in [-0.1, -0.05) is 48.5 Å². The molecule has 0 radical (unpaired) electrons. The Kier molecular flexibility index (Phi) is 3.12. The van der Waals surface area contributed by atoms with Gasteiger partial charge in [-0.05, 0) is 54.2 Å². The number of Topliss-reactive ketones (excluding diaryl/α,β-unsaturated/α-hetero) is 1. The maximum absolute atomic E-state index is 13.7. The van der Waals surface area contributed by atoms with Crippen molar-refractivity contribution in [2.45, 2.75) is 19.3 Å². The zero-order valence-corrected chi connectivity index (χ0v) is 15.6. The molecule has 0 saturated heterocycles. The highest BCUT2D eigenvalue weighted by Crippen LogP contribution is 2.63. The lowest BCUT2D eigenvalue weighted by Crippen LogP contribution is -2.24. The summed E-state index contributed by atoms with van der Waals surface area (Å²) in [7, 11) is 2.08. The maximum atomic E-state index is 13.7. The fourth-order valence-corrected chi connectivity index (χ4v) is 6.32. The van der Waals surface area contributed by atoms with Crippen LogP contribution in [0.5, 0.6) is 0 Å². The van der Waals surface area contributed by atoms with Gasteiger partial charge < -0.3 is 4.57 Å². The summed E-state index contributed by atoms with van der Waals surface area (Å²) in [6.07, 6.45) is 5.95. The highest BCUT2D eigenvalue weighted by Gasteiger charge is 2.57. The van der Waals surface area contributed by atoms with Gasteiger partial charge in [0.1, 0.15) is 0 Å². The smallest absolute Gasteiger partial charge is 0.167 e. The molecule has 2 heteroatoms. The summed E-state index contributed by atoms with van der Waals surface area (Å²) in [5.41, 5.74) is 5.90. The second-order valence-electron chi connectivity index (χ2n) is 8.57. The molecule has 0 spiro atoms. The van der Waals surface area contributed by atoms with E-state index in [1.54, 1.807) is 0 Å². The van der Waals surface area contributed by atoms with Crippen molar-refractivity contribution in [2.24, 2.45) is 30.7 Å². The Morgan fingerprint density at radius 2 is 1.59 bits per heavy atom. The summed E-state index contributed by atoms with van der Waals surface area (Å²) in [6, 6.07) is 19.1. The third-order valence-electron chi connectivity index (χ3n) is 7.32. The van der Waals surface area contributed by atoms with Crippen molar-refractivity contribution >= 4 is 27.8 Å². The number of fused-ring (bicyclic) bond motifs is 6. The first-order valence-electron chi connectivity index (χ1n) is 10.1. The molecule has 2 nitrogen and oxygen atoms in total. The van der Waals surface area contributed by atoms with E-state index < -0.39 is 0 Å². The van der Waals surface area contributed by atoms with Gasteiger partial charge in [-0.15, -0.1) is 0 Å². The number of hydrogen-bond donors (Lipinski definition) is 0. The lowest BCUT2D eigenvalue weighted by Gasteiger charge is -2.26. The second-order valence-corrected chi connectivity index (χ2v) is 8.57. The number of allylic oxidation sites excluding steroid dienone is 2. The first-order chi connectivity index (χ1) is 13.2. The quantitative estimate of drug-likeness (QED) is 0.610. The number of aromatic nitrogens is 1. The number of carbonyl (C=O) groups is 1. The van der Waals surface area contributed by atoms with E-state index in [1.165, 1.54) is 41.3 Å². The van der Waals surface area contributed by atoms with E-state index in [9.17, 15) is 4.79 Å². The topological polar surface area (TPSA) is 22.0 Å². The van der Waals surface area contributed by atoms with Gasteiger partial charge in [0.2, 0.25) is 0 Å². The summed E-state index contributed by atoms with van der Waals surface area (Å²) in [5, 5.41) is 1.20. The minimum atomic E-state index is 0.216. The Morgan fingerprint density at radius 1 is 0.889 bits per heavy atom. The number of para-hydroxylation sites is 1. The van der Waals surface area contributed by atoms with E-state index in [1.807, 2.05) is 0 Å². The largest absolute Gasteiger partial charge is 0.350 e. The molecule has 27 heavy (non-hydrogen) atoms. The van der Waals surface area contributed by atoms with Crippen LogP contribution in [0.25, 0.3) is 22.0 Å². The van der Waals surface area contributed by atoms with Crippen LogP contribution in [-0.2, 0) is 11.8 Å². The van der Waals surface area contributed by atoms with Crippen LogP contribution in [0.3, 0.4) is 0 Å². The molecule has 0 N–H and O–H groups in total. The van der Waals surface area contributed by atoms with Gasteiger partial charge in [0, 0.05) is 41.2 Å². The molecule has 4 atom stereocenters. The number of hydrogen-bond acceptors (Lipinski definition) is 1. The molecule has 0 aliphatic heterocycles. The fraction of sp³-hybridized carbons (Fsp3) is 0.320. The van der Waals surface area contributed by atoms with Gasteiger partial charge in [-0.3, -0.25) is 4.79 Å². The number of carbonyl (C=O) groups excluding carboxylic acids is 1. The minimum Gasteiger partial charge on any atom is -0.350 e. The number of aryl methyl sites for hydroxylation is 1. The molecule has 2 bridgehead atoms. The molecular weight excluding hydrogens is 330 g/mol. The molecule has 3 aliphatic carbocycles. The molecule has 1 heterocycles. The number of ketones is 1. The zero-order valence-electron chi connectivity index (χ0n) is 15.6. The Morgan fingerprint density at radius 3 is 2.41 bits per heavy atom. The van der Waals surface area contributed by atoms with Gasteiger partial charge in [0.15, 0.2) is 5.78 Å². The fourth-order valence-electron chi connectivity index (χ4n) is 6.32. The van der Waals surface area contributed by atoms with Crippen LogP contribution in [0.2, 0.25) is 0 Å². The summed E-state index contributed by atoms with van der Waals surface area (Å²) in [6.45, 7) is 0. The normalized spacial score (nSPS) is 29.1. The highest BCUT2D eigenvalue weighted by atomic mass is 16.1. The van der Waals surface area contributed by atoms with Crippen molar-refractivity contribution in [3.63, 3.8) is 0 Å². The van der Waals surface area contributed by atoms with Crippen LogP contribution in [0.1, 0.15) is 30.4 Å². The molecule has 1 aromatic heterocycles. The van der Waals surface area contributed by atoms with E-state index in [-0.39, 0.29) is 5.92 Å². The van der Waals surface area contributed by atoms with Gasteiger partial charge >= 0.3 is 0 Å². The molecule has 3 aliphatic rings. The summed E-state index contributed by atoms with van der Waals surface area (Å²) < 4.78 is 2.16. The van der Waals surface area contributed by atoms with E-state index in [0.717, 1.165) is 11.1 Å². The molecule has 2 saturated carbocycles. The Balaban J connectivity index is 1.66. The molecule has 0 amide bonds. The third kappa shape index (κ3) is 1.99. The van der Waals surface area contributed by atoms with Crippen molar-refractivity contribution in [1.82, 2.24) is 4.57 Å². The van der Waals surface area contributed by atoms with Crippen molar-refractivity contribution in [2.75, 3.05) is 0 Å². The Hall–Kier alpha value is -2.61. The van der Waals surface area contributed by atoms with Crippen molar-refractivity contribution in [3.05, 3.63) is 71.9 Å². The number of benzene rings is 2. The molecule has 2 fully saturated rings. The predicted molar refractivity (Wildman–Crippen MR) is 109 cm³/mol. The zero-order chi connectivity index (χ0) is 18.1. The Bertz CT molecular complexity index is 1100. The number of rotatable bonds is 2. The van der Waals surface area contributed by atoms with Gasteiger partial charge in [-0.25, -0.2) is 0 Å². The lowest BCUT2D eigenvalue weighted by molar-refractivity contribution is -0.118. The average Bonchev–Trinajstić information content (AvgIpc) is 3.45. The van der Waals surface area contributed by atoms with Crippen LogP contribution < -0.4 is 0 Å². The molecule has 3 aromatic rings. The van der Waals surface area contributed by atoms with Crippen molar-refractivity contribution in [1.29, 1.82) is 0 Å². The maximum Gasteiger partial charge on any atom is 0.167 e. The van der Waals surface area contributed by atoms with E-state index in [2.05, 4.69) is 72.4 Å². The van der Waals surface area contributed by atoms with E-state index >= 15 is 0 Å².